The fourth-order valence-electron chi connectivity index (χ4n) is 2.74. The van der Waals surface area contributed by atoms with Gasteiger partial charge in [-0.3, -0.25) is 9.48 Å². The zero-order valence-corrected chi connectivity index (χ0v) is 13.6. The van der Waals surface area contributed by atoms with Gasteiger partial charge in [-0.25, -0.2) is 0 Å². The number of ether oxygens (including phenoxy) is 1. The summed E-state index contributed by atoms with van der Waals surface area (Å²) in [6.07, 6.45) is 4.97. The van der Waals surface area contributed by atoms with Crippen LogP contribution in [-0.4, -0.2) is 65.4 Å². The summed E-state index contributed by atoms with van der Waals surface area (Å²) >= 11 is 0. The molecule has 3 rings (SSSR count). The van der Waals surface area contributed by atoms with Crippen LogP contribution in [0.2, 0.25) is 0 Å². The maximum Gasteiger partial charge on any atom is 0.224 e. The lowest BCUT2D eigenvalue weighted by Crippen LogP contribution is -2.38. The zero-order chi connectivity index (χ0) is 15.5. The van der Waals surface area contributed by atoms with Crippen molar-refractivity contribution < 1.29 is 9.53 Å². The lowest BCUT2D eigenvalue weighted by molar-refractivity contribution is -0.134. The Morgan fingerprint density at radius 1 is 1.41 bits per heavy atom. The second kappa shape index (κ2) is 6.79. The second-order valence-electron chi connectivity index (χ2n) is 6.73. The molecular formula is C16H26N4O2. The molecule has 6 heteroatoms. The van der Waals surface area contributed by atoms with Crippen LogP contribution in [0, 0.1) is 5.92 Å². The third-order valence-electron chi connectivity index (χ3n) is 4.35. The van der Waals surface area contributed by atoms with Gasteiger partial charge in [0.15, 0.2) is 0 Å². The summed E-state index contributed by atoms with van der Waals surface area (Å²) in [7, 11) is 3.98. The molecule has 2 aliphatic rings. The Bertz CT molecular complexity index is 510. The largest absolute Gasteiger partial charge is 0.374 e. The first-order valence-corrected chi connectivity index (χ1v) is 8.16. The van der Waals surface area contributed by atoms with Crippen LogP contribution >= 0.6 is 0 Å². The number of amides is 1. The molecule has 0 saturated heterocycles. The van der Waals surface area contributed by atoms with Gasteiger partial charge in [0.2, 0.25) is 5.91 Å². The van der Waals surface area contributed by atoms with E-state index in [2.05, 4.69) is 5.10 Å². The van der Waals surface area contributed by atoms with Crippen molar-refractivity contribution in [3.8, 4) is 0 Å². The highest BCUT2D eigenvalue weighted by Crippen LogP contribution is 2.29. The van der Waals surface area contributed by atoms with Crippen molar-refractivity contribution >= 4 is 5.91 Å². The van der Waals surface area contributed by atoms with E-state index in [-0.39, 0.29) is 12.0 Å². The normalized spacial score (nSPS) is 21.8. The van der Waals surface area contributed by atoms with Crippen LogP contribution in [0.4, 0.5) is 0 Å². The number of hydrogen-bond acceptors (Lipinski definition) is 4. The zero-order valence-electron chi connectivity index (χ0n) is 13.6. The molecule has 22 heavy (non-hydrogen) atoms. The molecule has 1 fully saturated rings. The van der Waals surface area contributed by atoms with Crippen molar-refractivity contribution in [1.29, 1.82) is 0 Å². The van der Waals surface area contributed by atoms with Gasteiger partial charge >= 0.3 is 0 Å². The van der Waals surface area contributed by atoms with Gasteiger partial charge in [-0.05, 0) is 38.9 Å². The van der Waals surface area contributed by atoms with Crippen molar-refractivity contribution in [3.63, 3.8) is 0 Å². The molecule has 1 aromatic rings. The Morgan fingerprint density at radius 2 is 2.23 bits per heavy atom. The van der Waals surface area contributed by atoms with E-state index in [0.717, 1.165) is 31.3 Å². The maximum atomic E-state index is 12.5. The molecule has 6 nitrogen and oxygen atoms in total. The quantitative estimate of drug-likeness (QED) is 0.786. The monoisotopic (exact) mass is 306 g/mol. The number of hydrogen-bond donors (Lipinski definition) is 0. The summed E-state index contributed by atoms with van der Waals surface area (Å²) in [5.74, 6) is 0.932. The second-order valence-corrected chi connectivity index (χ2v) is 6.73. The molecule has 1 amide bonds. The van der Waals surface area contributed by atoms with Crippen molar-refractivity contribution in [1.82, 2.24) is 19.6 Å². The van der Waals surface area contributed by atoms with Gasteiger partial charge in [0.25, 0.3) is 0 Å². The molecule has 1 aliphatic heterocycles. The first kappa shape index (κ1) is 15.5. The van der Waals surface area contributed by atoms with Crippen molar-refractivity contribution in [3.05, 3.63) is 18.0 Å². The van der Waals surface area contributed by atoms with Crippen molar-refractivity contribution in [2.75, 3.05) is 33.8 Å². The van der Waals surface area contributed by atoms with Crippen LogP contribution in [0.3, 0.4) is 0 Å². The molecule has 0 unspecified atom stereocenters. The van der Waals surface area contributed by atoms with E-state index in [9.17, 15) is 4.79 Å². The van der Waals surface area contributed by atoms with E-state index in [1.165, 1.54) is 12.8 Å². The van der Waals surface area contributed by atoms with Gasteiger partial charge in [0.05, 0.1) is 24.9 Å². The van der Waals surface area contributed by atoms with Gasteiger partial charge < -0.3 is 14.5 Å². The summed E-state index contributed by atoms with van der Waals surface area (Å²) in [5.41, 5.74) is 1.09. The maximum absolute atomic E-state index is 12.5. The molecule has 0 bridgehead atoms. The average Bonchev–Trinajstić information content (AvgIpc) is 3.25. The summed E-state index contributed by atoms with van der Waals surface area (Å²) in [4.78, 5) is 16.5. The first-order chi connectivity index (χ1) is 10.6. The summed E-state index contributed by atoms with van der Waals surface area (Å²) < 4.78 is 8.04. The number of aromatic nitrogens is 2. The van der Waals surface area contributed by atoms with Gasteiger partial charge in [0.1, 0.15) is 0 Å². The Balaban J connectivity index is 1.64. The molecule has 1 aromatic heterocycles. The number of carbonyl (C=O) groups excluding carboxylic acids is 1. The first-order valence-electron chi connectivity index (χ1n) is 8.16. The van der Waals surface area contributed by atoms with Crippen LogP contribution in [0.15, 0.2) is 12.3 Å². The van der Waals surface area contributed by atoms with E-state index in [0.29, 0.717) is 19.5 Å². The third-order valence-corrected chi connectivity index (χ3v) is 4.35. The number of rotatable bonds is 6. The van der Waals surface area contributed by atoms with Gasteiger partial charge in [0, 0.05) is 32.3 Å². The van der Waals surface area contributed by atoms with E-state index in [1.54, 1.807) is 6.20 Å². The molecule has 2 heterocycles. The van der Waals surface area contributed by atoms with Crippen LogP contribution in [0.5, 0.6) is 0 Å². The lowest BCUT2D eigenvalue weighted by atomic mass is 10.2. The molecule has 0 aromatic carbocycles. The average molecular weight is 306 g/mol. The van der Waals surface area contributed by atoms with E-state index >= 15 is 0 Å². The molecular weight excluding hydrogens is 280 g/mol. The summed E-state index contributed by atoms with van der Waals surface area (Å²) in [6.45, 7) is 3.65. The van der Waals surface area contributed by atoms with Crippen LogP contribution in [0.25, 0.3) is 0 Å². The van der Waals surface area contributed by atoms with E-state index in [1.807, 2.05) is 34.6 Å². The fourth-order valence-corrected chi connectivity index (χ4v) is 2.74. The van der Waals surface area contributed by atoms with Crippen molar-refractivity contribution in [2.24, 2.45) is 5.92 Å². The summed E-state index contributed by atoms with van der Waals surface area (Å²) in [6, 6.07) is 2.00. The van der Waals surface area contributed by atoms with Crippen LogP contribution in [-0.2, 0) is 22.6 Å². The number of fused-ring (bicyclic) bond motifs is 1. The Morgan fingerprint density at radius 3 is 2.95 bits per heavy atom. The number of carbonyl (C=O) groups is 1. The minimum absolute atomic E-state index is 0.0463. The Labute approximate surface area is 132 Å². The van der Waals surface area contributed by atoms with E-state index in [4.69, 9.17) is 4.74 Å². The molecule has 0 N–H and O–H groups in total. The van der Waals surface area contributed by atoms with Gasteiger partial charge in [-0.2, -0.15) is 5.10 Å². The predicted octanol–water partition coefficient (Wildman–Crippen LogP) is 0.972. The highest BCUT2D eigenvalue weighted by atomic mass is 16.5. The van der Waals surface area contributed by atoms with E-state index < -0.39 is 0 Å². The fraction of sp³-hybridized carbons (Fsp3) is 0.750. The van der Waals surface area contributed by atoms with Gasteiger partial charge in [-0.1, -0.05) is 0 Å². The van der Waals surface area contributed by atoms with Crippen LogP contribution in [0.1, 0.15) is 25.0 Å². The Kier molecular flexibility index (Phi) is 4.78. The summed E-state index contributed by atoms with van der Waals surface area (Å²) in [5, 5.41) is 4.37. The SMILES string of the molecule is CN(C)CCC(=O)N1Cc2ccnn2C[C@@H](OCC2CC2)C1. The topological polar surface area (TPSA) is 50.6 Å². The molecule has 0 radical (unpaired) electrons. The van der Waals surface area contributed by atoms with Crippen molar-refractivity contribution in [2.45, 2.75) is 38.5 Å². The molecule has 122 valence electrons. The van der Waals surface area contributed by atoms with Gasteiger partial charge in [-0.15, -0.1) is 0 Å². The third kappa shape index (κ3) is 4.08. The lowest BCUT2D eigenvalue weighted by Gasteiger charge is -2.25. The molecule has 1 aliphatic carbocycles. The highest BCUT2D eigenvalue weighted by Gasteiger charge is 2.28. The minimum atomic E-state index is 0.0463. The number of nitrogens with zero attached hydrogens (tertiary/aromatic N) is 4. The highest BCUT2D eigenvalue weighted by molar-refractivity contribution is 5.76. The molecule has 1 atom stereocenters. The molecule has 1 saturated carbocycles. The predicted molar refractivity (Wildman–Crippen MR) is 83.3 cm³/mol. The Hall–Kier alpha value is -1.40. The minimum Gasteiger partial charge on any atom is -0.374 e. The van der Waals surface area contributed by atoms with Crippen LogP contribution < -0.4 is 0 Å². The standard InChI is InChI=1S/C16H26N4O2/c1-18(2)8-6-16(21)19-9-14-5-7-17-20(14)11-15(10-19)22-12-13-3-4-13/h5,7,13,15H,3-4,6,8-12H2,1-2H3/t15-/m0/s1. The molecule has 0 spiro atoms. The smallest absolute Gasteiger partial charge is 0.224 e.